The topological polar surface area (TPSA) is 85.7 Å². The van der Waals surface area contributed by atoms with Crippen molar-refractivity contribution in [3.63, 3.8) is 0 Å². The molecule has 0 amide bonds. The maximum Gasteiger partial charge on any atom is 0.315 e. The Morgan fingerprint density at radius 2 is 2.04 bits per heavy atom. The third-order valence-electron chi connectivity index (χ3n) is 4.32. The molecule has 0 bridgehead atoms. The summed E-state index contributed by atoms with van der Waals surface area (Å²) in [4.78, 5) is 21.6. The lowest BCUT2D eigenvalue weighted by molar-refractivity contribution is -0.145. The van der Waals surface area contributed by atoms with E-state index in [1.165, 1.54) is 6.07 Å². The molecule has 3 rings (SSSR count). The van der Waals surface area contributed by atoms with Crippen molar-refractivity contribution in [2.45, 2.75) is 25.2 Å². The van der Waals surface area contributed by atoms with Crippen LogP contribution in [0.2, 0.25) is 0 Å². The Morgan fingerprint density at radius 1 is 1.27 bits per heavy atom. The van der Waals surface area contributed by atoms with Gasteiger partial charge in [0.2, 0.25) is 0 Å². The number of pyridine rings is 1. The van der Waals surface area contributed by atoms with Crippen LogP contribution in [0, 0.1) is 12.8 Å². The number of esters is 1. The normalized spacial score (nSPS) is 16.6. The van der Waals surface area contributed by atoms with Crippen LogP contribution in [0.25, 0.3) is 0 Å². The number of carbonyl (C=O) groups is 1. The molecule has 0 N–H and O–H groups in total. The zero-order valence-electron chi connectivity index (χ0n) is 14.9. The number of aryl methyl sites for hydroxylation is 1. The number of carbonyl (C=O) groups excluding carboxylic acids is 1. The highest BCUT2D eigenvalue weighted by atomic mass is 32.2. The van der Waals surface area contributed by atoms with Gasteiger partial charge in [-0.25, -0.2) is 8.42 Å². The smallest absolute Gasteiger partial charge is 0.315 e. The number of rotatable bonds is 4. The number of benzene rings is 1. The van der Waals surface area contributed by atoms with Gasteiger partial charge in [0.25, 0.3) is 0 Å². The molecule has 0 aliphatic carbocycles. The van der Waals surface area contributed by atoms with E-state index in [0.29, 0.717) is 17.8 Å². The highest BCUT2D eigenvalue weighted by Gasteiger charge is 2.34. The van der Waals surface area contributed by atoms with E-state index in [1.807, 2.05) is 13.0 Å². The van der Waals surface area contributed by atoms with Crippen LogP contribution in [0.5, 0.6) is 0 Å². The van der Waals surface area contributed by atoms with Gasteiger partial charge < -0.3 is 4.74 Å². The fourth-order valence-electron chi connectivity index (χ4n) is 3.11. The summed E-state index contributed by atoms with van der Waals surface area (Å²) in [5.41, 5.74) is 3.06. The third kappa shape index (κ3) is 3.39. The number of hydrogen-bond acceptors (Lipinski definition) is 6. The van der Waals surface area contributed by atoms with Gasteiger partial charge in [0.05, 0.1) is 22.9 Å². The van der Waals surface area contributed by atoms with Gasteiger partial charge in [-0.3, -0.25) is 14.8 Å². The number of sulfone groups is 1. The molecule has 1 aromatic heterocycles. The number of hydrogen-bond donors (Lipinski definition) is 0. The summed E-state index contributed by atoms with van der Waals surface area (Å²) >= 11 is 0. The van der Waals surface area contributed by atoms with Crippen LogP contribution in [0.3, 0.4) is 0 Å². The lowest BCUT2D eigenvalue weighted by Gasteiger charge is -2.25. The van der Waals surface area contributed by atoms with Crippen molar-refractivity contribution in [3.8, 4) is 0 Å². The van der Waals surface area contributed by atoms with E-state index in [1.54, 1.807) is 31.3 Å². The van der Waals surface area contributed by atoms with Crippen LogP contribution < -0.4 is 0 Å². The summed E-state index contributed by atoms with van der Waals surface area (Å²) in [6.07, 6.45) is 3.16. The lowest BCUT2D eigenvalue weighted by atomic mass is 9.86. The Bertz CT molecular complexity index is 996. The molecule has 26 heavy (non-hydrogen) atoms. The maximum atomic E-state index is 12.5. The molecule has 136 valence electrons. The molecule has 0 fully saturated rings. The van der Waals surface area contributed by atoms with E-state index in [2.05, 4.69) is 9.98 Å². The fraction of sp³-hybridized carbons (Fsp3) is 0.316. The fourth-order valence-corrected chi connectivity index (χ4v) is 3.97. The molecule has 1 unspecified atom stereocenters. The standard InChI is InChI=1S/C19H20N2O4S/c1-4-25-19(22)15-11-13-7-5-9-16(26(3,23)24)17(13)21-18(15)14-8-6-10-20-12(14)2/h5-10,15H,4,11H2,1-3H3. The van der Waals surface area contributed by atoms with E-state index < -0.39 is 15.8 Å². The number of aromatic nitrogens is 1. The molecule has 1 aliphatic rings. The average molecular weight is 372 g/mol. The molecule has 0 spiro atoms. The first kappa shape index (κ1) is 18.3. The number of para-hydroxylation sites is 1. The zero-order chi connectivity index (χ0) is 18.9. The molecule has 0 saturated heterocycles. The molecule has 2 aromatic rings. The van der Waals surface area contributed by atoms with Crippen LogP contribution >= 0.6 is 0 Å². The predicted molar refractivity (Wildman–Crippen MR) is 98.5 cm³/mol. The third-order valence-corrected chi connectivity index (χ3v) is 5.45. The summed E-state index contributed by atoms with van der Waals surface area (Å²) < 4.78 is 29.5. The Morgan fingerprint density at radius 3 is 2.69 bits per heavy atom. The van der Waals surface area contributed by atoms with Crippen molar-refractivity contribution in [2.75, 3.05) is 12.9 Å². The van der Waals surface area contributed by atoms with Crippen molar-refractivity contribution in [1.82, 2.24) is 4.98 Å². The number of aliphatic imine (C=N–C) groups is 1. The highest BCUT2D eigenvalue weighted by Crippen LogP contribution is 2.36. The molecule has 2 heterocycles. The van der Waals surface area contributed by atoms with Gasteiger partial charge in [-0.05, 0) is 44.0 Å². The molecule has 0 radical (unpaired) electrons. The summed E-state index contributed by atoms with van der Waals surface area (Å²) in [7, 11) is -3.45. The van der Waals surface area contributed by atoms with E-state index in [0.717, 1.165) is 23.1 Å². The van der Waals surface area contributed by atoms with Gasteiger partial charge in [0, 0.05) is 23.7 Å². The van der Waals surface area contributed by atoms with Crippen molar-refractivity contribution in [3.05, 3.63) is 53.3 Å². The Kier molecular flexibility index (Phi) is 4.91. The molecule has 6 nitrogen and oxygen atoms in total. The SMILES string of the molecule is CCOC(=O)C1Cc2cccc(S(C)(=O)=O)c2N=C1c1cccnc1C. The van der Waals surface area contributed by atoms with Gasteiger partial charge in [-0.15, -0.1) is 0 Å². The molecule has 0 saturated carbocycles. The number of ether oxygens (including phenoxy) is 1. The van der Waals surface area contributed by atoms with E-state index in [9.17, 15) is 13.2 Å². The molecule has 1 atom stereocenters. The van der Waals surface area contributed by atoms with Crippen LogP contribution in [0.4, 0.5) is 5.69 Å². The minimum absolute atomic E-state index is 0.163. The van der Waals surface area contributed by atoms with Gasteiger partial charge in [-0.1, -0.05) is 12.1 Å². The molecule has 1 aliphatic heterocycles. The average Bonchev–Trinajstić information content (AvgIpc) is 2.60. The minimum atomic E-state index is -3.45. The summed E-state index contributed by atoms with van der Waals surface area (Å²) in [5, 5.41) is 0. The highest BCUT2D eigenvalue weighted by molar-refractivity contribution is 7.90. The predicted octanol–water partition coefficient (Wildman–Crippen LogP) is 2.65. The van der Waals surface area contributed by atoms with Crippen LogP contribution in [-0.2, 0) is 25.8 Å². The van der Waals surface area contributed by atoms with Crippen LogP contribution in [0.15, 0.2) is 46.4 Å². The van der Waals surface area contributed by atoms with Gasteiger partial charge in [-0.2, -0.15) is 0 Å². The molecule has 7 heteroatoms. The molecular weight excluding hydrogens is 352 g/mol. The number of nitrogens with zero attached hydrogens (tertiary/aromatic N) is 2. The quantitative estimate of drug-likeness (QED) is 0.770. The summed E-state index contributed by atoms with van der Waals surface area (Å²) in [6, 6.07) is 8.61. The Hall–Kier alpha value is -2.54. The first-order valence-corrected chi connectivity index (χ1v) is 10.2. The van der Waals surface area contributed by atoms with Gasteiger partial charge in [0.1, 0.15) is 5.92 Å². The summed E-state index contributed by atoms with van der Waals surface area (Å²) in [6.45, 7) is 3.85. The van der Waals surface area contributed by atoms with Crippen molar-refractivity contribution in [1.29, 1.82) is 0 Å². The largest absolute Gasteiger partial charge is 0.465 e. The first-order valence-electron chi connectivity index (χ1n) is 8.32. The van der Waals surface area contributed by atoms with Crippen LogP contribution in [0.1, 0.15) is 23.7 Å². The molecule has 1 aromatic carbocycles. The number of fused-ring (bicyclic) bond motifs is 1. The van der Waals surface area contributed by atoms with E-state index in [-0.39, 0.29) is 17.5 Å². The monoisotopic (exact) mass is 372 g/mol. The van der Waals surface area contributed by atoms with E-state index in [4.69, 9.17) is 4.74 Å². The van der Waals surface area contributed by atoms with E-state index >= 15 is 0 Å². The Balaban J connectivity index is 2.24. The van der Waals surface area contributed by atoms with Crippen molar-refractivity contribution in [2.24, 2.45) is 10.9 Å². The van der Waals surface area contributed by atoms with Crippen LogP contribution in [-0.4, -0.2) is 37.9 Å². The lowest BCUT2D eigenvalue weighted by Crippen LogP contribution is -2.32. The Labute approximate surface area is 152 Å². The van der Waals surface area contributed by atoms with Crippen molar-refractivity contribution >= 4 is 27.2 Å². The second kappa shape index (κ2) is 6.99. The maximum absolute atomic E-state index is 12.5. The summed E-state index contributed by atoms with van der Waals surface area (Å²) in [5.74, 6) is -0.968. The molecular formula is C19H20N2O4S. The first-order chi connectivity index (χ1) is 12.3. The minimum Gasteiger partial charge on any atom is -0.465 e. The zero-order valence-corrected chi connectivity index (χ0v) is 15.7. The second-order valence-corrected chi connectivity index (χ2v) is 8.16. The van der Waals surface area contributed by atoms with Crippen molar-refractivity contribution < 1.29 is 17.9 Å². The van der Waals surface area contributed by atoms with Gasteiger partial charge in [0.15, 0.2) is 9.84 Å². The second-order valence-electron chi connectivity index (χ2n) is 6.18. The van der Waals surface area contributed by atoms with Gasteiger partial charge >= 0.3 is 5.97 Å².